The first kappa shape index (κ1) is 33.0. The SMILES string of the molecule is CCOC(=O)C1(C2CCCCC2)CCN(C(=O)CCc2cccc(-c3ccc(OC)cc3)c2NC(=O)NCCc2c[nH]cn2)CC1. The van der Waals surface area contributed by atoms with Gasteiger partial charge >= 0.3 is 12.0 Å². The van der Waals surface area contributed by atoms with E-state index < -0.39 is 5.41 Å². The van der Waals surface area contributed by atoms with Crippen molar-refractivity contribution in [2.45, 2.75) is 71.1 Å². The molecule has 1 aliphatic carbocycles. The summed E-state index contributed by atoms with van der Waals surface area (Å²) < 4.78 is 10.9. The molecule has 0 bridgehead atoms. The van der Waals surface area contributed by atoms with Crippen LogP contribution in [0.1, 0.15) is 69.5 Å². The predicted octanol–water partition coefficient (Wildman–Crippen LogP) is 6.13. The first-order valence-electron chi connectivity index (χ1n) is 16.7. The van der Waals surface area contributed by atoms with Crippen molar-refractivity contribution in [3.63, 3.8) is 0 Å². The van der Waals surface area contributed by atoms with Gasteiger partial charge in [0.1, 0.15) is 5.75 Å². The molecule has 0 radical (unpaired) electrons. The number of urea groups is 1. The number of carbonyl (C=O) groups is 3. The highest BCUT2D eigenvalue weighted by molar-refractivity contribution is 5.96. The third kappa shape index (κ3) is 7.89. The Hall–Kier alpha value is -4.34. The van der Waals surface area contributed by atoms with Gasteiger partial charge < -0.3 is 30.0 Å². The summed E-state index contributed by atoms with van der Waals surface area (Å²) in [4.78, 5) is 48.9. The Labute approximate surface area is 271 Å². The number of nitrogens with one attached hydrogen (secondary N) is 3. The molecule has 3 aromatic rings. The highest BCUT2D eigenvalue weighted by atomic mass is 16.5. The molecule has 0 spiro atoms. The molecule has 246 valence electrons. The van der Waals surface area contributed by atoms with E-state index >= 15 is 0 Å². The second kappa shape index (κ2) is 15.8. The molecule has 3 amide bonds. The monoisotopic (exact) mass is 629 g/mol. The lowest BCUT2D eigenvalue weighted by molar-refractivity contribution is -0.166. The van der Waals surface area contributed by atoms with Crippen LogP contribution in [-0.4, -0.2) is 66.1 Å². The van der Waals surface area contributed by atoms with Crippen LogP contribution in [0.3, 0.4) is 0 Å². The van der Waals surface area contributed by atoms with Crippen LogP contribution in [0.2, 0.25) is 0 Å². The summed E-state index contributed by atoms with van der Waals surface area (Å²) in [5.74, 6) is 1.05. The number of hydrogen-bond donors (Lipinski definition) is 3. The van der Waals surface area contributed by atoms with Crippen LogP contribution in [0.25, 0.3) is 11.1 Å². The van der Waals surface area contributed by atoms with Crippen LogP contribution >= 0.6 is 0 Å². The average Bonchev–Trinajstić information content (AvgIpc) is 3.62. The van der Waals surface area contributed by atoms with E-state index in [1.165, 1.54) is 6.42 Å². The summed E-state index contributed by atoms with van der Waals surface area (Å²) in [5, 5.41) is 6.00. The fraction of sp³-hybridized carbons (Fsp3) is 0.500. The minimum Gasteiger partial charge on any atom is -0.497 e. The van der Waals surface area contributed by atoms with Crippen molar-refractivity contribution >= 4 is 23.6 Å². The zero-order chi connectivity index (χ0) is 32.4. The number of aromatic nitrogens is 2. The molecule has 0 unspecified atom stereocenters. The largest absolute Gasteiger partial charge is 0.497 e. The number of benzene rings is 2. The number of hydrogen-bond acceptors (Lipinski definition) is 6. The van der Waals surface area contributed by atoms with Gasteiger partial charge in [-0.05, 0) is 68.2 Å². The summed E-state index contributed by atoms with van der Waals surface area (Å²) >= 11 is 0. The lowest BCUT2D eigenvalue weighted by Gasteiger charge is -2.46. The number of H-pyrrole nitrogens is 1. The van der Waals surface area contributed by atoms with Crippen molar-refractivity contribution in [3.05, 3.63) is 66.2 Å². The highest BCUT2D eigenvalue weighted by Crippen LogP contribution is 2.47. The van der Waals surface area contributed by atoms with E-state index in [4.69, 9.17) is 9.47 Å². The number of nitrogens with zero attached hydrogens (tertiary/aromatic N) is 2. The van der Waals surface area contributed by atoms with Crippen molar-refractivity contribution in [2.24, 2.45) is 11.3 Å². The Morgan fingerprint density at radius 1 is 1.02 bits per heavy atom. The predicted molar refractivity (Wildman–Crippen MR) is 178 cm³/mol. The fourth-order valence-electron chi connectivity index (χ4n) is 7.12. The molecule has 1 aromatic heterocycles. The van der Waals surface area contributed by atoms with Gasteiger partial charge in [-0.3, -0.25) is 9.59 Å². The maximum absolute atomic E-state index is 13.6. The minimum atomic E-state index is -0.485. The first-order chi connectivity index (χ1) is 22.4. The van der Waals surface area contributed by atoms with E-state index in [1.54, 1.807) is 13.4 Å². The van der Waals surface area contributed by atoms with Gasteiger partial charge in [0.05, 0.1) is 36.8 Å². The number of piperidine rings is 1. The second-order valence-electron chi connectivity index (χ2n) is 12.4. The number of rotatable bonds is 12. The van der Waals surface area contributed by atoms with Gasteiger partial charge in [-0.2, -0.15) is 0 Å². The Kier molecular flexibility index (Phi) is 11.3. The number of likely N-dealkylation sites (tertiary alicyclic amines) is 1. The molecule has 5 rings (SSSR count). The van der Waals surface area contributed by atoms with Crippen molar-refractivity contribution in [3.8, 4) is 16.9 Å². The molecule has 10 nitrogen and oxygen atoms in total. The molecule has 2 aliphatic rings. The molecule has 1 saturated heterocycles. The van der Waals surface area contributed by atoms with Crippen molar-refractivity contribution < 1.29 is 23.9 Å². The van der Waals surface area contributed by atoms with Gasteiger partial charge in [-0.1, -0.05) is 49.6 Å². The van der Waals surface area contributed by atoms with Crippen LogP contribution < -0.4 is 15.4 Å². The quantitative estimate of drug-likeness (QED) is 0.207. The standard InChI is InChI=1S/C36H47N5O5/c1-3-46-34(43)36(28-9-5-4-6-10-28)19-22-41(23-20-36)32(42)17-14-27-8-7-11-31(26-12-15-30(45-2)16-13-26)33(27)40-35(44)38-21-18-29-24-37-25-39-29/h7-8,11-13,15-16,24-25,28H,3-6,9-10,14,17-23H2,1-2H3,(H,37,39)(H2,38,40,44). The Morgan fingerprint density at radius 3 is 2.46 bits per heavy atom. The number of methoxy groups -OCH3 is 1. The second-order valence-corrected chi connectivity index (χ2v) is 12.4. The van der Waals surface area contributed by atoms with Crippen molar-refractivity contribution in [1.29, 1.82) is 0 Å². The molecule has 2 heterocycles. The summed E-state index contributed by atoms with van der Waals surface area (Å²) in [6.07, 6.45) is 11.8. The number of amides is 3. The zero-order valence-electron chi connectivity index (χ0n) is 27.1. The number of ether oxygens (including phenoxy) is 2. The third-order valence-electron chi connectivity index (χ3n) is 9.70. The smallest absolute Gasteiger partial charge is 0.319 e. The number of para-hydroxylation sites is 1. The van der Waals surface area contributed by atoms with E-state index in [0.717, 1.165) is 53.8 Å². The lowest BCUT2D eigenvalue weighted by atomic mass is 9.63. The minimum absolute atomic E-state index is 0.0605. The van der Waals surface area contributed by atoms with E-state index in [9.17, 15) is 14.4 Å². The molecular formula is C36H47N5O5. The van der Waals surface area contributed by atoms with E-state index in [-0.39, 0.29) is 17.9 Å². The molecule has 2 aromatic carbocycles. The molecule has 1 aliphatic heterocycles. The number of imidazole rings is 1. The molecule has 46 heavy (non-hydrogen) atoms. The first-order valence-corrected chi connectivity index (χ1v) is 16.7. The summed E-state index contributed by atoms with van der Waals surface area (Å²) in [5.41, 5.74) is 3.73. The van der Waals surface area contributed by atoms with E-state index in [1.807, 2.05) is 60.5 Å². The van der Waals surface area contributed by atoms with Crippen LogP contribution in [0.4, 0.5) is 10.5 Å². The van der Waals surface area contributed by atoms with Crippen LogP contribution in [0, 0.1) is 11.3 Å². The maximum Gasteiger partial charge on any atom is 0.319 e. The summed E-state index contributed by atoms with van der Waals surface area (Å²) in [7, 11) is 1.63. The molecular weight excluding hydrogens is 582 g/mol. The fourth-order valence-corrected chi connectivity index (χ4v) is 7.12. The van der Waals surface area contributed by atoms with Crippen molar-refractivity contribution in [1.82, 2.24) is 20.2 Å². The topological polar surface area (TPSA) is 126 Å². The normalized spacial score (nSPS) is 16.4. The molecule has 1 saturated carbocycles. The maximum atomic E-state index is 13.6. The van der Waals surface area contributed by atoms with Gasteiger partial charge in [0, 0.05) is 44.2 Å². The van der Waals surface area contributed by atoms with Gasteiger partial charge in [0.25, 0.3) is 0 Å². The average molecular weight is 630 g/mol. The highest BCUT2D eigenvalue weighted by Gasteiger charge is 2.49. The van der Waals surface area contributed by atoms with Crippen LogP contribution in [0.15, 0.2) is 55.0 Å². The summed E-state index contributed by atoms with van der Waals surface area (Å²) in [6, 6.07) is 13.3. The molecule has 3 N–H and O–H groups in total. The van der Waals surface area contributed by atoms with Crippen molar-refractivity contribution in [2.75, 3.05) is 38.7 Å². The van der Waals surface area contributed by atoms with Gasteiger partial charge in [0.2, 0.25) is 5.91 Å². The number of carbonyl (C=O) groups excluding carboxylic acids is 3. The van der Waals surface area contributed by atoms with E-state index in [0.29, 0.717) is 70.0 Å². The Bertz CT molecular complexity index is 1440. The molecule has 2 fully saturated rings. The summed E-state index contributed by atoms with van der Waals surface area (Å²) in [6.45, 7) is 3.79. The molecule has 10 heteroatoms. The van der Waals surface area contributed by atoms with Crippen LogP contribution in [0.5, 0.6) is 5.75 Å². The Morgan fingerprint density at radius 2 is 1.78 bits per heavy atom. The number of aromatic amines is 1. The number of esters is 1. The van der Waals surface area contributed by atoms with Gasteiger partial charge in [-0.25, -0.2) is 9.78 Å². The Balaban J connectivity index is 1.27. The van der Waals surface area contributed by atoms with E-state index in [2.05, 4.69) is 20.6 Å². The number of anilines is 1. The third-order valence-corrected chi connectivity index (χ3v) is 9.70. The molecule has 0 atom stereocenters. The zero-order valence-corrected chi connectivity index (χ0v) is 27.1. The lowest BCUT2D eigenvalue weighted by Crippen LogP contribution is -2.51. The van der Waals surface area contributed by atoms with Gasteiger partial charge in [-0.15, -0.1) is 0 Å². The van der Waals surface area contributed by atoms with Gasteiger partial charge in [0.15, 0.2) is 0 Å². The van der Waals surface area contributed by atoms with Crippen LogP contribution in [-0.2, 0) is 27.2 Å². The number of aryl methyl sites for hydroxylation is 1.